The Kier molecular flexibility index (Phi) is 5.71. The van der Waals surface area contributed by atoms with Crippen LogP contribution in [0.15, 0.2) is 42.6 Å². The van der Waals surface area contributed by atoms with Gasteiger partial charge in [0.25, 0.3) is 5.91 Å². The van der Waals surface area contributed by atoms with E-state index in [1.807, 2.05) is 6.07 Å². The largest absolute Gasteiger partial charge is 0.478 e. The highest BCUT2D eigenvalue weighted by Gasteiger charge is 2.21. The number of carbonyl (C=O) groups excluding carboxylic acids is 1. The van der Waals surface area contributed by atoms with E-state index in [9.17, 15) is 9.59 Å². The Morgan fingerprint density at radius 1 is 1.07 bits per heavy atom. The lowest BCUT2D eigenvalue weighted by Gasteiger charge is -2.36. The first-order chi connectivity index (χ1) is 12.9. The number of hydrogen-bond acceptors (Lipinski definition) is 5. The minimum Gasteiger partial charge on any atom is -0.478 e. The number of nitrogens with one attached hydrogen (secondary N) is 1. The Labute approximate surface area is 158 Å². The maximum atomic E-state index is 12.3. The van der Waals surface area contributed by atoms with Crippen LogP contribution < -0.4 is 10.2 Å². The van der Waals surface area contributed by atoms with Gasteiger partial charge < -0.3 is 20.2 Å². The van der Waals surface area contributed by atoms with Crippen molar-refractivity contribution in [2.24, 2.45) is 0 Å². The molecule has 0 unspecified atom stereocenters. The summed E-state index contributed by atoms with van der Waals surface area (Å²) in [5.41, 5.74) is 1.58. The minimum absolute atomic E-state index is 0.145. The van der Waals surface area contributed by atoms with Gasteiger partial charge in [0.2, 0.25) is 0 Å². The molecule has 1 aromatic heterocycles. The molecule has 1 aliphatic rings. The smallest absolute Gasteiger partial charge is 0.335 e. The molecule has 1 saturated heterocycles. The fourth-order valence-corrected chi connectivity index (χ4v) is 3.24. The molecule has 1 fully saturated rings. The third-order valence-corrected chi connectivity index (χ3v) is 4.94. The van der Waals surface area contributed by atoms with Gasteiger partial charge in [-0.3, -0.25) is 4.79 Å². The molecule has 27 heavy (non-hydrogen) atoms. The Morgan fingerprint density at radius 3 is 2.22 bits per heavy atom. The first-order valence-corrected chi connectivity index (χ1v) is 8.96. The molecule has 142 valence electrons. The van der Waals surface area contributed by atoms with Crippen molar-refractivity contribution in [1.29, 1.82) is 0 Å². The maximum absolute atomic E-state index is 12.3. The van der Waals surface area contributed by atoms with Crippen LogP contribution in [-0.4, -0.2) is 60.1 Å². The molecule has 7 heteroatoms. The van der Waals surface area contributed by atoms with E-state index in [1.165, 1.54) is 24.3 Å². The van der Waals surface area contributed by atoms with E-state index in [1.54, 1.807) is 12.3 Å². The molecule has 0 radical (unpaired) electrons. The van der Waals surface area contributed by atoms with E-state index in [4.69, 9.17) is 5.11 Å². The van der Waals surface area contributed by atoms with Gasteiger partial charge in [0, 0.05) is 24.7 Å². The van der Waals surface area contributed by atoms with Crippen molar-refractivity contribution in [2.75, 3.05) is 37.4 Å². The van der Waals surface area contributed by atoms with Crippen LogP contribution >= 0.6 is 0 Å². The highest BCUT2D eigenvalue weighted by atomic mass is 16.4. The Hall–Kier alpha value is -2.93. The number of aromatic nitrogens is 1. The average molecular weight is 368 g/mol. The van der Waals surface area contributed by atoms with Crippen LogP contribution in [0.4, 0.5) is 11.5 Å². The fourth-order valence-electron chi connectivity index (χ4n) is 3.24. The molecule has 0 saturated carbocycles. The molecular weight excluding hydrogens is 344 g/mol. The SMILES string of the molecule is CN(C)C1CCN(c2ccc(NC(=O)c3ccc(C(=O)O)cc3)nc2)CC1. The number of carbonyl (C=O) groups is 2. The fraction of sp³-hybridized carbons (Fsp3) is 0.350. The number of benzene rings is 1. The Morgan fingerprint density at radius 2 is 1.70 bits per heavy atom. The second kappa shape index (κ2) is 8.18. The van der Waals surface area contributed by atoms with Crippen LogP contribution in [0.25, 0.3) is 0 Å². The van der Waals surface area contributed by atoms with Crippen molar-refractivity contribution in [1.82, 2.24) is 9.88 Å². The summed E-state index contributed by atoms with van der Waals surface area (Å²) >= 11 is 0. The van der Waals surface area contributed by atoms with Crippen molar-refractivity contribution < 1.29 is 14.7 Å². The summed E-state index contributed by atoms with van der Waals surface area (Å²) in [6.45, 7) is 1.98. The third kappa shape index (κ3) is 4.62. The lowest BCUT2D eigenvalue weighted by molar-refractivity contribution is 0.0696. The van der Waals surface area contributed by atoms with Crippen LogP contribution in [0.1, 0.15) is 33.6 Å². The molecule has 0 spiro atoms. The number of aromatic carboxylic acids is 1. The number of hydrogen-bond donors (Lipinski definition) is 2. The number of anilines is 2. The van der Waals surface area contributed by atoms with E-state index in [0.717, 1.165) is 31.6 Å². The number of amides is 1. The van der Waals surface area contributed by atoms with Gasteiger partial charge >= 0.3 is 5.97 Å². The Balaban J connectivity index is 1.59. The van der Waals surface area contributed by atoms with Gasteiger partial charge in [-0.1, -0.05) is 0 Å². The van der Waals surface area contributed by atoms with Gasteiger partial charge in [-0.15, -0.1) is 0 Å². The van der Waals surface area contributed by atoms with Crippen LogP contribution in [0.5, 0.6) is 0 Å². The van der Waals surface area contributed by atoms with Crippen molar-refractivity contribution >= 4 is 23.4 Å². The summed E-state index contributed by atoms with van der Waals surface area (Å²) in [6, 6.07) is 10.2. The van der Waals surface area contributed by atoms with Gasteiger partial charge in [0.15, 0.2) is 0 Å². The molecule has 1 aromatic carbocycles. The number of carboxylic acids is 1. The van der Waals surface area contributed by atoms with Crippen molar-refractivity contribution in [3.63, 3.8) is 0 Å². The molecule has 0 atom stereocenters. The normalized spacial score (nSPS) is 15.0. The van der Waals surface area contributed by atoms with Gasteiger partial charge in [-0.05, 0) is 63.3 Å². The monoisotopic (exact) mass is 368 g/mol. The first kappa shape index (κ1) is 18.8. The second-order valence-corrected chi connectivity index (χ2v) is 6.92. The molecule has 1 aliphatic heterocycles. The van der Waals surface area contributed by atoms with E-state index in [2.05, 4.69) is 34.2 Å². The highest BCUT2D eigenvalue weighted by molar-refractivity contribution is 6.04. The number of nitrogens with zero attached hydrogens (tertiary/aromatic N) is 3. The maximum Gasteiger partial charge on any atom is 0.335 e. The predicted octanol–water partition coefficient (Wildman–Crippen LogP) is 2.56. The molecule has 2 heterocycles. The van der Waals surface area contributed by atoms with Crippen molar-refractivity contribution in [3.8, 4) is 0 Å². The van der Waals surface area contributed by atoms with E-state index < -0.39 is 5.97 Å². The number of carboxylic acid groups (broad SMARTS) is 1. The molecule has 0 bridgehead atoms. The lowest BCUT2D eigenvalue weighted by atomic mass is 10.0. The minimum atomic E-state index is -1.02. The molecule has 1 amide bonds. The standard InChI is InChI=1S/C20H24N4O3/c1-23(2)16-9-11-24(12-10-16)17-7-8-18(21-13-17)22-19(25)14-3-5-15(6-4-14)20(26)27/h3-8,13,16H,9-12H2,1-2H3,(H,26,27)(H,21,22,25). The molecule has 7 nitrogen and oxygen atoms in total. The van der Waals surface area contributed by atoms with E-state index in [-0.39, 0.29) is 11.5 Å². The number of pyridine rings is 1. The van der Waals surface area contributed by atoms with Crippen molar-refractivity contribution in [3.05, 3.63) is 53.7 Å². The van der Waals surface area contributed by atoms with Gasteiger partial charge in [0.05, 0.1) is 17.4 Å². The third-order valence-electron chi connectivity index (χ3n) is 4.94. The molecule has 0 aliphatic carbocycles. The van der Waals surface area contributed by atoms with Gasteiger partial charge in [0.1, 0.15) is 5.82 Å². The average Bonchev–Trinajstić information content (AvgIpc) is 2.68. The first-order valence-electron chi connectivity index (χ1n) is 8.96. The summed E-state index contributed by atoms with van der Waals surface area (Å²) < 4.78 is 0. The van der Waals surface area contributed by atoms with Crippen LogP contribution in [0.2, 0.25) is 0 Å². The quantitative estimate of drug-likeness (QED) is 0.844. The second-order valence-electron chi connectivity index (χ2n) is 6.92. The highest BCUT2D eigenvalue weighted by Crippen LogP contribution is 2.22. The topological polar surface area (TPSA) is 85.8 Å². The molecule has 3 rings (SSSR count). The van der Waals surface area contributed by atoms with Gasteiger partial charge in [-0.2, -0.15) is 0 Å². The summed E-state index contributed by atoms with van der Waals surface area (Å²) in [7, 11) is 4.24. The molecule has 2 N–H and O–H groups in total. The van der Waals surface area contributed by atoms with Crippen LogP contribution in [0.3, 0.4) is 0 Å². The van der Waals surface area contributed by atoms with Gasteiger partial charge in [-0.25, -0.2) is 9.78 Å². The van der Waals surface area contributed by atoms with Crippen molar-refractivity contribution in [2.45, 2.75) is 18.9 Å². The van der Waals surface area contributed by atoms with E-state index >= 15 is 0 Å². The Bertz CT molecular complexity index is 795. The zero-order valence-corrected chi connectivity index (χ0v) is 15.6. The summed E-state index contributed by atoms with van der Waals surface area (Å²) in [5, 5.41) is 11.6. The molecular formula is C20H24N4O3. The molecule has 2 aromatic rings. The van der Waals surface area contributed by atoms with Crippen LogP contribution in [0, 0.1) is 0 Å². The number of rotatable bonds is 5. The summed E-state index contributed by atoms with van der Waals surface area (Å²) in [4.78, 5) is 32.1. The van der Waals surface area contributed by atoms with Crippen LogP contribution in [-0.2, 0) is 0 Å². The predicted molar refractivity (Wildman–Crippen MR) is 105 cm³/mol. The zero-order chi connectivity index (χ0) is 19.4. The summed E-state index contributed by atoms with van der Waals surface area (Å²) in [5.74, 6) is -0.873. The van der Waals surface area contributed by atoms with E-state index in [0.29, 0.717) is 17.4 Å². The zero-order valence-electron chi connectivity index (χ0n) is 15.6. The number of piperidine rings is 1. The lowest BCUT2D eigenvalue weighted by Crippen LogP contribution is -2.42. The summed E-state index contributed by atoms with van der Waals surface area (Å²) in [6.07, 6.45) is 4.02.